The first-order valence-electron chi connectivity index (χ1n) is 4.15. The van der Waals surface area contributed by atoms with Gasteiger partial charge in [0, 0.05) is 0 Å². The van der Waals surface area contributed by atoms with Gasteiger partial charge in [0.2, 0.25) is 11.8 Å². The minimum atomic E-state index is -0.618. The molecule has 0 aliphatic carbocycles. The lowest BCUT2D eigenvalue weighted by Gasteiger charge is -2.05. The molecule has 0 bridgehead atoms. The van der Waals surface area contributed by atoms with Gasteiger partial charge in [-0.2, -0.15) is 4.39 Å². The molecule has 0 N–H and O–H groups in total. The molecule has 0 amide bonds. The Kier molecular flexibility index (Phi) is 2.91. The Morgan fingerprint density at radius 3 is 2.73 bits per heavy atom. The van der Waals surface area contributed by atoms with Gasteiger partial charge in [-0.05, 0) is 28.1 Å². The molecule has 2 rings (SSSR count). The predicted octanol–water partition coefficient (Wildman–Crippen LogP) is 3.17. The molecule has 0 atom stereocenters. The number of rotatable bonds is 2. The second-order valence-electron chi connectivity index (χ2n) is 2.71. The maximum atomic E-state index is 12.7. The Hall–Kier alpha value is -1.49. The second kappa shape index (κ2) is 4.35. The zero-order chi connectivity index (χ0) is 10.7. The molecule has 0 unspecified atom stereocenters. The standard InChI is InChI=1S/C10H6BrFN2O/c11-7-3-1-2-4-8(7)15-10-5-9(12)13-6-14-10/h1-6H. The molecule has 76 valence electrons. The van der Waals surface area contributed by atoms with Gasteiger partial charge in [-0.15, -0.1) is 0 Å². The van der Waals surface area contributed by atoms with E-state index in [1.54, 1.807) is 6.07 Å². The molecule has 15 heavy (non-hydrogen) atoms. The van der Waals surface area contributed by atoms with Crippen LogP contribution in [0, 0.1) is 5.95 Å². The Balaban J connectivity index is 2.26. The lowest BCUT2D eigenvalue weighted by atomic mass is 10.3. The minimum absolute atomic E-state index is 0.175. The zero-order valence-electron chi connectivity index (χ0n) is 7.52. The molecule has 0 saturated heterocycles. The van der Waals surface area contributed by atoms with Crippen molar-refractivity contribution >= 4 is 15.9 Å². The van der Waals surface area contributed by atoms with Gasteiger partial charge in [-0.25, -0.2) is 9.97 Å². The quantitative estimate of drug-likeness (QED) is 0.785. The van der Waals surface area contributed by atoms with E-state index in [-0.39, 0.29) is 5.88 Å². The van der Waals surface area contributed by atoms with E-state index in [1.165, 1.54) is 0 Å². The molecular weight excluding hydrogens is 263 g/mol. The topological polar surface area (TPSA) is 35.0 Å². The average molecular weight is 269 g/mol. The number of benzene rings is 1. The molecule has 0 fully saturated rings. The highest BCUT2D eigenvalue weighted by Crippen LogP contribution is 2.27. The van der Waals surface area contributed by atoms with Crippen LogP contribution in [0.3, 0.4) is 0 Å². The van der Waals surface area contributed by atoms with Crippen molar-refractivity contribution in [3.05, 3.63) is 47.1 Å². The summed E-state index contributed by atoms with van der Waals surface area (Å²) in [6.07, 6.45) is 1.11. The SMILES string of the molecule is Fc1cc(Oc2ccccc2Br)ncn1. The van der Waals surface area contributed by atoms with Crippen LogP contribution in [0.15, 0.2) is 41.1 Å². The Labute approximate surface area is 94.1 Å². The third-order valence-corrected chi connectivity index (χ3v) is 2.31. The van der Waals surface area contributed by atoms with Crippen molar-refractivity contribution in [2.24, 2.45) is 0 Å². The van der Waals surface area contributed by atoms with Crippen molar-refractivity contribution in [2.75, 3.05) is 0 Å². The lowest BCUT2D eigenvalue weighted by molar-refractivity contribution is 0.448. The summed E-state index contributed by atoms with van der Waals surface area (Å²) in [5.74, 6) is 0.136. The van der Waals surface area contributed by atoms with Crippen molar-refractivity contribution in [2.45, 2.75) is 0 Å². The van der Waals surface area contributed by atoms with Gasteiger partial charge >= 0.3 is 0 Å². The maximum absolute atomic E-state index is 12.7. The zero-order valence-corrected chi connectivity index (χ0v) is 9.11. The van der Waals surface area contributed by atoms with Crippen LogP contribution in [0.5, 0.6) is 11.6 Å². The fourth-order valence-electron chi connectivity index (χ4n) is 1.01. The number of aromatic nitrogens is 2. The molecule has 2 aromatic rings. The smallest absolute Gasteiger partial charge is 0.225 e. The number of para-hydroxylation sites is 1. The summed E-state index contributed by atoms with van der Waals surface area (Å²) in [5.41, 5.74) is 0. The van der Waals surface area contributed by atoms with E-state index in [1.807, 2.05) is 18.2 Å². The summed E-state index contributed by atoms with van der Waals surface area (Å²) in [4.78, 5) is 7.12. The highest BCUT2D eigenvalue weighted by atomic mass is 79.9. The van der Waals surface area contributed by atoms with Gasteiger partial charge in [0.1, 0.15) is 12.1 Å². The molecule has 5 heteroatoms. The summed E-state index contributed by atoms with van der Waals surface area (Å²) in [5, 5.41) is 0. The molecule has 1 heterocycles. The van der Waals surface area contributed by atoms with E-state index in [2.05, 4.69) is 25.9 Å². The van der Waals surface area contributed by atoms with Gasteiger partial charge in [0.15, 0.2) is 0 Å². The first-order chi connectivity index (χ1) is 7.25. The van der Waals surface area contributed by atoms with E-state index in [4.69, 9.17) is 4.74 Å². The molecule has 3 nitrogen and oxygen atoms in total. The molecule has 0 aliphatic heterocycles. The lowest BCUT2D eigenvalue weighted by Crippen LogP contribution is -1.91. The van der Waals surface area contributed by atoms with Crippen LogP contribution in [0.1, 0.15) is 0 Å². The Bertz CT molecular complexity index is 478. The second-order valence-corrected chi connectivity index (χ2v) is 3.57. The highest BCUT2D eigenvalue weighted by Gasteiger charge is 2.03. The predicted molar refractivity (Wildman–Crippen MR) is 56.2 cm³/mol. The molecule has 1 aromatic carbocycles. The fraction of sp³-hybridized carbons (Fsp3) is 0. The van der Waals surface area contributed by atoms with Gasteiger partial charge < -0.3 is 4.74 Å². The van der Waals surface area contributed by atoms with Crippen molar-refractivity contribution in [3.8, 4) is 11.6 Å². The van der Waals surface area contributed by atoms with Crippen molar-refractivity contribution < 1.29 is 9.13 Å². The van der Waals surface area contributed by atoms with Crippen LogP contribution in [0.2, 0.25) is 0 Å². The van der Waals surface area contributed by atoms with Crippen LogP contribution < -0.4 is 4.74 Å². The largest absolute Gasteiger partial charge is 0.438 e. The molecular formula is C10H6BrFN2O. The van der Waals surface area contributed by atoms with Crippen molar-refractivity contribution in [1.29, 1.82) is 0 Å². The van der Waals surface area contributed by atoms with Crippen LogP contribution >= 0.6 is 15.9 Å². The number of hydrogen-bond acceptors (Lipinski definition) is 3. The highest BCUT2D eigenvalue weighted by molar-refractivity contribution is 9.10. The third kappa shape index (κ3) is 2.50. The van der Waals surface area contributed by atoms with Gasteiger partial charge in [-0.3, -0.25) is 0 Å². The van der Waals surface area contributed by atoms with E-state index in [0.29, 0.717) is 5.75 Å². The Morgan fingerprint density at radius 2 is 2.00 bits per heavy atom. The summed E-state index contributed by atoms with van der Waals surface area (Å²) in [7, 11) is 0. The Morgan fingerprint density at radius 1 is 1.20 bits per heavy atom. The molecule has 0 radical (unpaired) electrons. The summed E-state index contributed by atoms with van der Waals surface area (Å²) in [6.45, 7) is 0. The number of halogens is 2. The first kappa shape index (κ1) is 10.0. The van der Waals surface area contributed by atoms with Crippen LogP contribution in [0.25, 0.3) is 0 Å². The number of ether oxygens (including phenoxy) is 1. The summed E-state index contributed by atoms with van der Waals surface area (Å²) >= 11 is 3.31. The van der Waals surface area contributed by atoms with Gasteiger partial charge in [-0.1, -0.05) is 12.1 Å². The van der Waals surface area contributed by atoms with E-state index >= 15 is 0 Å². The number of hydrogen-bond donors (Lipinski definition) is 0. The monoisotopic (exact) mass is 268 g/mol. The maximum Gasteiger partial charge on any atom is 0.225 e. The first-order valence-corrected chi connectivity index (χ1v) is 4.95. The third-order valence-electron chi connectivity index (χ3n) is 1.66. The van der Waals surface area contributed by atoms with Crippen LogP contribution in [-0.4, -0.2) is 9.97 Å². The summed E-state index contributed by atoms with van der Waals surface area (Å²) < 4.78 is 18.9. The minimum Gasteiger partial charge on any atom is -0.438 e. The normalized spacial score (nSPS) is 10.0. The molecule has 0 spiro atoms. The van der Waals surface area contributed by atoms with Crippen molar-refractivity contribution in [1.82, 2.24) is 9.97 Å². The van der Waals surface area contributed by atoms with Crippen LogP contribution in [0.4, 0.5) is 4.39 Å². The van der Waals surface area contributed by atoms with Crippen molar-refractivity contribution in [3.63, 3.8) is 0 Å². The molecule has 1 aromatic heterocycles. The van der Waals surface area contributed by atoms with E-state index < -0.39 is 5.95 Å². The van der Waals surface area contributed by atoms with E-state index in [9.17, 15) is 4.39 Å². The van der Waals surface area contributed by atoms with Gasteiger partial charge in [0.25, 0.3) is 0 Å². The molecule has 0 saturated carbocycles. The van der Waals surface area contributed by atoms with Crippen LogP contribution in [-0.2, 0) is 0 Å². The molecule has 0 aliphatic rings. The van der Waals surface area contributed by atoms with Gasteiger partial charge in [0.05, 0.1) is 10.5 Å². The van der Waals surface area contributed by atoms with E-state index in [0.717, 1.165) is 16.9 Å². The number of nitrogens with zero attached hydrogens (tertiary/aromatic N) is 2. The fourth-order valence-corrected chi connectivity index (χ4v) is 1.38. The average Bonchev–Trinajstić information content (AvgIpc) is 2.22. The summed E-state index contributed by atoms with van der Waals surface area (Å²) in [6, 6.07) is 8.38.